The lowest BCUT2D eigenvalue weighted by atomic mass is 10.1. The molecule has 4 rings (SSSR count). The van der Waals surface area contributed by atoms with Crippen LogP contribution in [0, 0.1) is 0 Å². The Kier molecular flexibility index (Phi) is 6.23. The average Bonchev–Trinajstić information content (AvgIpc) is 3.22. The van der Waals surface area contributed by atoms with Gasteiger partial charge in [-0.25, -0.2) is 9.97 Å². The summed E-state index contributed by atoms with van der Waals surface area (Å²) in [7, 11) is 0. The molecule has 0 aliphatic rings. The normalized spacial score (nSPS) is 10.6. The molecule has 0 amide bonds. The van der Waals surface area contributed by atoms with Crippen LogP contribution in [0.4, 0.5) is 5.82 Å². The smallest absolute Gasteiger partial charge is 0.133 e. The molecule has 0 unspecified atom stereocenters. The van der Waals surface area contributed by atoms with Crippen molar-refractivity contribution >= 4 is 52.2 Å². The van der Waals surface area contributed by atoms with E-state index in [1.807, 2.05) is 41.3 Å². The zero-order valence-electron chi connectivity index (χ0n) is 14.3. The summed E-state index contributed by atoms with van der Waals surface area (Å²) in [5, 5.41) is 5.28. The van der Waals surface area contributed by atoms with Crippen molar-refractivity contribution in [2.75, 3.05) is 5.73 Å². The maximum Gasteiger partial charge on any atom is 0.133 e. The number of nitrogens with zero attached hydrogens (tertiary/aromatic N) is 4. The summed E-state index contributed by atoms with van der Waals surface area (Å²) in [6.45, 7) is 4.20. The van der Waals surface area contributed by atoms with Crippen LogP contribution in [-0.2, 0) is 0 Å². The fourth-order valence-corrected chi connectivity index (χ4v) is 3.55. The SMILES string of the molecule is CC(C)n1cc(-c2cnc(N)c(-c3nc4ccccc4s3)c2)cn1.Cl.Cl. The van der Waals surface area contributed by atoms with Crippen LogP contribution < -0.4 is 5.73 Å². The van der Waals surface area contributed by atoms with Crippen molar-refractivity contribution in [2.45, 2.75) is 19.9 Å². The number of nitrogens with two attached hydrogens (primary N) is 1. The molecule has 4 aromatic rings. The van der Waals surface area contributed by atoms with Gasteiger partial charge >= 0.3 is 0 Å². The molecule has 0 radical (unpaired) electrons. The Morgan fingerprint density at radius 2 is 1.85 bits per heavy atom. The van der Waals surface area contributed by atoms with E-state index in [1.165, 1.54) is 0 Å². The van der Waals surface area contributed by atoms with Crippen LogP contribution in [0.25, 0.3) is 31.9 Å². The van der Waals surface area contributed by atoms with Gasteiger partial charge in [0.05, 0.1) is 22.0 Å². The minimum atomic E-state index is 0. The molecule has 0 saturated carbocycles. The number of fused-ring (bicyclic) bond motifs is 1. The molecule has 3 heterocycles. The van der Waals surface area contributed by atoms with Gasteiger partial charge in [-0.05, 0) is 32.0 Å². The molecule has 136 valence electrons. The number of hydrogen-bond acceptors (Lipinski definition) is 5. The molecule has 0 spiro atoms. The third-order valence-electron chi connectivity index (χ3n) is 3.91. The van der Waals surface area contributed by atoms with Gasteiger partial charge in [-0.3, -0.25) is 4.68 Å². The Morgan fingerprint density at radius 1 is 1.08 bits per heavy atom. The number of benzene rings is 1. The molecule has 8 heteroatoms. The summed E-state index contributed by atoms with van der Waals surface area (Å²) >= 11 is 1.63. The van der Waals surface area contributed by atoms with E-state index < -0.39 is 0 Å². The molecule has 2 N–H and O–H groups in total. The number of pyridine rings is 1. The van der Waals surface area contributed by atoms with E-state index in [9.17, 15) is 0 Å². The molecule has 0 atom stereocenters. The Hall–Kier alpha value is -2.15. The van der Waals surface area contributed by atoms with E-state index in [-0.39, 0.29) is 24.8 Å². The molecule has 1 aromatic carbocycles. The maximum absolute atomic E-state index is 6.11. The summed E-state index contributed by atoms with van der Waals surface area (Å²) in [5.74, 6) is 0.494. The molecular formula is C18H19Cl2N5S. The Labute approximate surface area is 168 Å². The van der Waals surface area contributed by atoms with E-state index in [0.717, 1.165) is 31.9 Å². The van der Waals surface area contributed by atoms with E-state index >= 15 is 0 Å². The van der Waals surface area contributed by atoms with Crippen molar-refractivity contribution in [3.8, 4) is 21.7 Å². The first-order valence-corrected chi connectivity index (χ1v) is 8.59. The van der Waals surface area contributed by atoms with Gasteiger partial charge in [0, 0.05) is 29.6 Å². The van der Waals surface area contributed by atoms with Crippen molar-refractivity contribution in [3.05, 3.63) is 48.9 Å². The van der Waals surface area contributed by atoms with Crippen molar-refractivity contribution in [3.63, 3.8) is 0 Å². The molecule has 0 bridgehead atoms. The second kappa shape index (κ2) is 8.03. The third kappa shape index (κ3) is 3.67. The first-order valence-electron chi connectivity index (χ1n) is 7.78. The van der Waals surface area contributed by atoms with E-state index in [0.29, 0.717) is 11.9 Å². The van der Waals surface area contributed by atoms with Crippen molar-refractivity contribution < 1.29 is 0 Å². The van der Waals surface area contributed by atoms with Crippen molar-refractivity contribution in [1.82, 2.24) is 19.7 Å². The lowest BCUT2D eigenvalue weighted by Crippen LogP contribution is -1.99. The molecule has 0 saturated heterocycles. The summed E-state index contributed by atoms with van der Waals surface area (Å²) in [6.07, 6.45) is 5.67. The zero-order valence-corrected chi connectivity index (χ0v) is 16.7. The van der Waals surface area contributed by atoms with Gasteiger partial charge in [-0.2, -0.15) is 5.10 Å². The van der Waals surface area contributed by atoms with Crippen molar-refractivity contribution in [1.29, 1.82) is 0 Å². The van der Waals surface area contributed by atoms with Crippen LogP contribution in [0.15, 0.2) is 48.9 Å². The highest BCUT2D eigenvalue weighted by molar-refractivity contribution is 7.21. The highest BCUT2D eigenvalue weighted by Gasteiger charge is 2.13. The van der Waals surface area contributed by atoms with Gasteiger partial charge in [-0.15, -0.1) is 36.2 Å². The molecule has 0 aliphatic carbocycles. The average molecular weight is 408 g/mol. The molecule has 0 aliphatic heterocycles. The number of hydrogen-bond donors (Lipinski definition) is 1. The number of rotatable bonds is 3. The molecule has 5 nitrogen and oxygen atoms in total. The maximum atomic E-state index is 6.11. The zero-order chi connectivity index (χ0) is 16.7. The lowest BCUT2D eigenvalue weighted by molar-refractivity contribution is 0.532. The summed E-state index contributed by atoms with van der Waals surface area (Å²) in [4.78, 5) is 9.05. The molecule has 3 aromatic heterocycles. The number of aromatic nitrogens is 4. The van der Waals surface area contributed by atoms with Crippen LogP contribution in [-0.4, -0.2) is 19.7 Å². The number of para-hydroxylation sites is 1. The monoisotopic (exact) mass is 407 g/mol. The largest absolute Gasteiger partial charge is 0.383 e. The van der Waals surface area contributed by atoms with Crippen LogP contribution in [0.3, 0.4) is 0 Å². The van der Waals surface area contributed by atoms with Crippen LogP contribution in [0.2, 0.25) is 0 Å². The number of thiazole rings is 1. The predicted molar refractivity (Wildman–Crippen MR) is 113 cm³/mol. The van der Waals surface area contributed by atoms with Gasteiger partial charge in [0.1, 0.15) is 10.8 Å². The molecule has 0 fully saturated rings. The Balaban J connectivity index is 0.00000121. The summed E-state index contributed by atoms with van der Waals surface area (Å²) < 4.78 is 3.08. The predicted octanol–water partition coefficient (Wildman–Crippen LogP) is 5.23. The van der Waals surface area contributed by atoms with Gasteiger partial charge < -0.3 is 5.73 Å². The highest BCUT2D eigenvalue weighted by Crippen LogP contribution is 2.34. The summed E-state index contributed by atoms with van der Waals surface area (Å²) in [5.41, 5.74) is 9.98. The van der Waals surface area contributed by atoms with E-state index in [1.54, 1.807) is 17.5 Å². The minimum absolute atomic E-state index is 0. The first-order chi connectivity index (χ1) is 11.6. The lowest BCUT2D eigenvalue weighted by Gasteiger charge is -2.05. The van der Waals surface area contributed by atoms with Gasteiger partial charge in [0.2, 0.25) is 0 Å². The quantitative estimate of drug-likeness (QED) is 0.504. The van der Waals surface area contributed by atoms with Crippen LogP contribution in [0.5, 0.6) is 0 Å². The van der Waals surface area contributed by atoms with E-state index in [4.69, 9.17) is 5.73 Å². The van der Waals surface area contributed by atoms with Gasteiger partial charge in [0.15, 0.2) is 0 Å². The van der Waals surface area contributed by atoms with Gasteiger partial charge in [-0.1, -0.05) is 12.1 Å². The number of anilines is 1. The van der Waals surface area contributed by atoms with Crippen LogP contribution in [0.1, 0.15) is 19.9 Å². The number of halogens is 2. The van der Waals surface area contributed by atoms with E-state index in [2.05, 4.69) is 35.0 Å². The third-order valence-corrected chi connectivity index (χ3v) is 4.98. The van der Waals surface area contributed by atoms with Crippen LogP contribution >= 0.6 is 36.2 Å². The summed E-state index contributed by atoms with van der Waals surface area (Å²) in [6, 6.07) is 10.4. The number of nitrogen functional groups attached to an aromatic ring is 1. The van der Waals surface area contributed by atoms with Crippen molar-refractivity contribution in [2.24, 2.45) is 0 Å². The standard InChI is InChI=1S/C18H17N5S.2ClH/c1-11(2)23-10-13(9-21-23)12-7-14(17(19)20-8-12)18-22-15-5-3-4-6-16(15)24-18;;/h3-11H,1-2H3,(H2,19,20);2*1H. The van der Waals surface area contributed by atoms with Gasteiger partial charge in [0.25, 0.3) is 0 Å². The second-order valence-corrected chi connectivity index (χ2v) is 6.98. The Morgan fingerprint density at radius 3 is 2.54 bits per heavy atom. The fraction of sp³-hybridized carbons (Fsp3) is 0.167. The minimum Gasteiger partial charge on any atom is -0.383 e. The Bertz CT molecular complexity index is 992. The first kappa shape index (κ1) is 20.2. The topological polar surface area (TPSA) is 69.6 Å². The molecule has 26 heavy (non-hydrogen) atoms. The fourth-order valence-electron chi connectivity index (χ4n) is 2.56. The second-order valence-electron chi connectivity index (χ2n) is 5.95. The highest BCUT2D eigenvalue weighted by atomic mass is 35.5. The molecular weight excluding hydrogens is 389 g/mol.